The molecule has 34 heavy (non-hydrogen) atoms. The average Bonchev–Trinajstić information content (AvgIpc) is 3.50. The Morgan fingerprint density at radius 1 is 1.24 bits per heavy atom. The van der Waals surface area contributed by atoms with E-state index in [1.165, 1.54) is 0 Å². The number of nitrogens with zero attached hydrogens (tertiary/aromatic N) is 4. The summed E-state index contributed by atoms with van der Waals surface area (Å²) in [6, 6.07) is 9.23. The monoisotopic (exact) mass is 460 g/mol. The van der Waals surface area contributed by atoms with Crippen LogP contribution in [0.25, 0.3) is 33.3 Å². The van der Waals surface area contributed by atoms with Crippen molar-refractivity contribution in [2.45, 2.75) is 25.8 Å². The quantitative estimate of drug-likeness (QED) is 0.458. The minimum absolute atomic E-state index is 0.0333. The number of ether oxygens (including phenoxy) is 1. The van der Waals surface area contributed by atoms with Crippen molar-refractivity contribution < 1.29 is 9.53 Å². The standard InChI is InChI=1S/C25H28N6O3/c1-4-9-34-22-6-5-15(25(33)31-8-7-16(13-31)30(2)3)10-18(22)23-28-19-12-21-20(26-14-27-21)11-17(19)24(32)29-23/h5-6,10-12,14,16H,4,7-9,13H2,1-3H3,(H,26,27)(H,28,29,32). The van der Waals surface area contributed by atoms with Gasteiger partial charge in [0, 0.05) is 24.7 Å². The molecule has 1 atom stereocenters. The Hall–Kier alpha value is -3.72. The molecule has 2 N–H and O–H groups in total. The highest BCUT2D eigenvalue weighted by molar-refractivity contribution is 5.97. The molecule has 4 aromatic rings. The predicted molar refractivity (Wildman–Crippen MR) is 131 cm³/mol. The van der Waals surface area contributed by atoms with Gasteiger partial charge in [-0.05, 0) is 57.3 Å². The second-order valence-corrected chi connectivity index (χ2v) is 8.92. The minimum Gasteiger partial charge on any atom is -0.493 e. The first-order valence-electron chi connectivity index (χ1n) is 11.5. The van der Waals surface area contributed by atoms with E-state index in [1.807, 2.05) is 25.9 Å². The lowest BCUT2D eigenvalue weighted by molar-refractivity contribution is 0.0783. The Morgan fingerprint density at radius 2 is 2.09 bits per heavy atom. The zero-order valence-corrected chi connectivity index (χ0v) is 19.6. The molecule has 176 valence electrons. The molecular weight excluding hydrogens is 432 g/mol. The van der Waals surface area contributed by atoms with Gasteiger partial charge in [-0.2, -0.15) is 0 Å². The Kier molecular flexibility index (Phi) is 5.79. The lowest BCUT2D eigenvalue weighted by Crippen LogP contribution is -2.34. The number of hydrogen-bond acceptors (Lipinski definition) is 6. The van der Waals surface area contributed by atoms with E-state index >= 15 is 0 Å². The van der Waals surface area contributed by atoms with Crippen molar-refractivity contribution in [3.8, 4) is 17.1 Å². The number of likely N-dealkylation sites (N-methyl/N-ethyl adjacent to an activating group) is 1. The molecule has 2 aromatic heterocycles. The molecule has 0 radical (unpaired) electrons. The molecule has 1 amide bonds. The van der Waals surface area contributed by atoms with Crippen LogP contribution in [-0.2, 0) is 0 Å². The molecule has 1 aliphatic rings. The van der Waals surface area contributed by atoms with Crippen LogP contribution in [0, 0.1) is 0 Å². The second-order valence-electron chi connectivity index (χ2n) is 8.92. The Bertz CT molecular complexity index is 1420. The first-order valence-corrected chi connectivity index (χ1v) is 11.5. The van der Waals surface area contributed by atoms with Gasteiger partial charge in [0.15, 0.2) is 0 Å². The zero-order chi connectivity index (χ0) is 23.8. The topological polar surface area (TPSA) is 107 Å². The van der Waals surface area contributed by atoms with Crippen molar-refractivity contribution in [1.82, 2.24) is 29.7 Å². The molecule has 0 bridgehead atoms. The van der Waals surface area contributed by atoms with Crippen LogP contribution in [0.5, 0.6) is 5.75 Å². The van der Waals surface area contributed by atoms with Crippen molar-refractivity contribution in [2.75, 3.05) is 33.8 Å². The summed E-state index contributed by atoms with van der Waals surface area (Å²) in [6.45, 7) is 3.95. The van der Waals surface area contributed by atoms with Crippen LogP contribution in [0.3, 0.4) is 0 Å². The first-order chi connectivity index (χ1) is 16.4. The lowest BCUT2D eigenvalue weighted by atomic mass is 10.1. The van der Waals surface area contributed by atoms with E-state index in [4.69, 9.17) is 9.72 Å². The number of fused-ring (bicyclic) bond motifs is 2. The van der Waals surface area contributed by atoms with Crippen LogP contribution in [0.4, 0.5) is 0 Å². The summed E-state index contributed by atoms with van der Waals surface area (Å²) in [6.07, 6.45) is 3.37. The van der Waals surface area contributed by atoms with Crippen LogP contribution in [0.15, 0.2) is 41.5 Å². The number of aromatic nitrogens is 4. The van der Waals surface area contributed by atoms with Crippen molar-refractivity contribution in [1.29, 1.82) is 0 Å². The molecule has 1 aliphatic heterocycles. The van der Waals surface area contributed by atoms with Gasteiger partial charge >= 0.3 is 0 Å². The maximum Gasteiger partial charge on any atom is 0.259 e. The van der Waals surface area contributed by atoms with Gasteiger partial charge in [-0.15, -0.1) is 0 Å². The molecule has 0 saturated carbocycles. The first kappa shape index (κ1) is 22.1. The van der Waals surface area contributed by atoms with E-state index in [-0.39, 0.29) is 11.5 Å². The van der Waals surface area contributed by atoms with Gasteiger partial charge in [0.05, 0.1) is 40.4 Å². The SMILES string of the molecule is CCCOc1ccc(C(=O)N2CCC(N(C)C)C2)cc1-c1nc2cc3nc[nH]c3cc2c(=O)[nH]1. The number of rotatable bonds is 6. The van der Waals surface area contributed by atoms with E-state index < -0.39 is 0 Å². The molecule has 0 spiro atoms. The van der Waals surface area contributed by atoms with Gasteiger partial charge in [-0.1, -0.05) is 6.92 Å². The normalized spacial score (nSPS) is 16.1. The van der Waals surface area contributed by atoms with Crippen LogP contribution in [-0.4, -0.2) is 75.5 Å². The maximum absolute atomic E-state index is 13.3. The average molecular weight is 461 g/mol. The molecule has 2 aromatic carbocycles. The van der Waals surface area contributed by atoms with E-state index in [9.17, 15) is 9.59 Å². The molecule has 1 unspecified atom stereocenters. The number of carbonyl (C=O) groups excluding carboxylic acids is 1. The van der Waals surface area contributed by atoms with Crippen LogP contribution >= 0.6 is 0 Å². The number of imidazole rings is 1. The molecule has 1 fully saturated rings. The fraction of sp³-hybridized carbons (Fsp3) is 0.360. The van der Waals surface area contributed by atoms with Crippen LogP contribution < -0.4 is 10.3 Å². The van der Waals surface area contributed by atoms with E-state index in [0.717, 1.165) is 30.4 Å². The number of carbonyl (C=O) groups is 1. The molecule has 5 rings (SSSR count). The number of aromatic amines is 2. The lowest BCUT2D eigenvalue weighted by Gasteiger charge is -2.21. The number of nitrogens with one attached hydrogen (secondary N) is 2. The highest BCUT2D eigenvalue weighted by Gasteiger charge is 2.28. The summed E-state index contributed by atoms with van der Waals surface area (Å²) in [5, 5.41) is 0.468. The van der Waals surface area contributed by atoms with Crippen molar-refractivity contribution in [3.63, 3.8) is 0 Å². The van der Waals surface area contributed by atoms with E-state index in [0.29, 0.717) is 52.8 Å². The molecule has 9 nitrogen and oxygen atoms in total. The number of likely N-dealkylation sites (tertiary alicyclic amines) is 1. The highest BCUT2D eigenvalue weighted by atomic mass is 16.5. The van der Waals surface area contributed by atoms with Gasteiger partial charge in [0.2, 0.25) is 0 Å². The Morgan fingerprint density at radius 3 is 2.85 bits per heavy atom. The fourth-order valence-corrected chi connectivity index (χ4v) is 4.41. The molecule has 1 saturated heterocycles. The molecule has 3 heterocycles. The third kappa shape index (κ3) is 4.03. The highest BCUT2D eigenvalue weighted by Crippen LogP contribution is 2.31. The van der Waals surface area contributed by atoms with Crippen LogP contribution in [0.2, 0.25) is 0 Å². The summed E-state index contributed by atoms with van der Waals surface area (Å²) in [5.41, 5.74) is 2.90. The Labute approximate surface area is 196 Å². The van der Waals surface area contributed by atoms with Gasteiger partial charge in [-0.25, -0.2) is 9.97 Å². The molecule has 0 aliphatic carbocycles. The van der Waals surface area contributed by atoms with Gasteiger partial charge in [-0.3, -0.25) is 9.59 Å². The number of benzene rings is 2. The minimum atomic E-state index is -0.261. The van der Waals surface area contributed by atoms with Crippen molar-refractivity contribution in [2.24, 2.45) is 0 Å². The Balaban J connectivity index is 1.57. The predicted octanol–water partition coefficient (Wildman–Crippen LogP) is 3.03. The van der Waals surface area contributed by atoms with Gasteiger partial charge in [0.25, 0.3) is 11.5 Å². The van der Waals surface area contributed by atoms with Crippen molar-refractivity contribution in [3.05, 3.63) is 52.6 Å². The summed E-state index contributed by atoms with van der Waals surface area (Å²) >= 11 is 0. The van der Waals surface area contributed by atoms with Crippen LogP contribution in [0.1, 0.15) is 30.1 Å². The number of hydrogen-bond donors (Lipinski definition) is 2. The largest absolute Gasteiger partial charge is 0.493 e. The van der Waals surface area contributed by atoms with Gasteiger partial charge < -0.3 is 24.5 Å². The van der Waals surface area contributed by atoms with Crippen molar-refractivity contribution >= 4 is 27.8 Å². The third-order valence-electron chi connectivity index (χ3n) is 6.37. The summed E-state index contributed by atoms with van der Waals surface area (Å²) in [5.74, 6) is 0.907. The second kappa shape index (κ2) is 8.90. The summed E-state index contributed by atoms with van der Waals surface area (Å²) in [7, 11) is 4.07. The summed E-state index contributed by atoms with van der Waals surface area (Å²) in [4.78, 5) is 45.1. The molecule has 9 heteroatoms. The zero-order valence-electron chi connectivity index (χ0n) is 19.6. The number of H-pyrrole nitrogens is 2. The van der Waals surface area contributed by atoms with Gasteiger partial charge in [0.1, 0.15) is 11.6 Å². The van der Waals surface area contributed by atoms with E-state index in [2.05, 4.69) is 19.9 Å². The summed E-state index contributed by atoms with van der Waals surface area (Å²) < 4.78 is 5.95. The fourth-order valence-electron chi connectivity index (χ4n) is 4.41. The smallest absolute Gasteiger partial charge is 0.259 e. The molecular formula is C25H28N6O3. The van der Waals surface area contributed by atoms with E-state index in [1.54, 1.807) is 36.7 Å². The maximum atomic E-state index is 13.3. The third-order valence-corrected chi connectivity index (χ3v) is 6.37. The number of amides is 1.